The van der Waals surface area contributed by atoms with Crippen molar-refractivity contribution >= 4 is 11.7 Å². The van der Waals surface area contributed by atoms with E-state index in [-0.39, 0.29) is 5.91 Å². The molecule has 0 radical (unpaired) electrons. The minimum Gasteiger partial charge on any atom is -0.493 e. The number of anilines is 1. The summed E-state index contributed by atoms with van der Waals surface area (Å²) in [6.45, 7) is 7.88. The number of ether oxygens (including phenoxy) is 1. The van der Waals surface area contributed by atoms with Crippen LogP contribution in [0.2, 0.25) is 0 Å². The van der Waals surface area contributed by atoms with Gasteiger partial charge in [-0.1, -0.05) is 12.1 Å². The Balaban J connectivity index is 1.24. The topological polar surface area (TPSA) is 62.6 Å². The Hall–Kier alpha value is -2.38. The van der Waals surface area contributed by atoms with Crippen LogP contribution in [0.5, 0.6) is 5.75 Å². The van der Waals surface area contributed by atoms with Crippen molar-refractivity contribution in [2.75, 3.05) is 44.6 Å². The molecule has 1 aromatic heterocycles. The van der Waals surface area contributed by atoms with Crippen molar-refractivity contribution in [1.29, 1.82) is 0 Å². The van der Waals surface area contributed by atoms with E-state index in [0.717, 1.165) is 63.0 Å². The molecule has 2 aliphatic heterocycles. The third-order valence-corrected chi connectivity index (χ3v) is 5.26. The van der Waals surface area contributed by atoms with Crippen LogP contribution in [-0.2, 0) is 24.8 Å². The van der Waals surface area contributed by atoms with E-state index >= 15 is 0 Å². The third-order valence-electron chi connectivity index (χ3n) is 5.26. The lowest BCUT2D eigenvalue weighted by Gasteiger charge is -2.34. The standard InChI is InChI=1S/C20H27N5O2/c1-15-11-19(23(2)22-15)21-20(26)14-25-8-6-24(7-9-25)13-16-3-4-18-17(12-16)5-10-27-18/h3-4,11-12H,5-10,13-14H2,1-2H3,(H,21,26). The van der Waals surface area contributed by atoms with Gasteiger partial charge in [-0.05, 0) is 24.1 Å². The molecule has 1 fully saturated rings. The predicted molar refractivity (Wildman–Crippen MR) is 104 cm³/mol. The molecule has 0 bridgehead atoms. The summed E-state index contributed by atoms with van der Waals surface area (Å²) in [6.07, 6.45) is 1.02. The highest BCUT2D eigenvalue weighted by Gasteiger charge is 2.20. The molecule has 3 heterocycles. The average Bonchev–Trinajstić information content (AvgIpc) is 3.22. The van der Waals surface area contributed by atoms with Crippen LogP contribution in [0.3, 0.4) is 0 Å². The van der Waals surface area contributed by atoms with Gasteiger partial charge in [-0.25, -0.2) is 0 Å². The smallest absolute Gasteiger partial charge is 0.239 e. The molecule has 1 saturated heterocycles. The van der Waals surface area contributed by atoms with E-state index in [1.807, 2.05) is 20.0 Å². The lowest BCUT2D eigenvalue weighted by atomic mass is 10.1. The molecule has 0 aliphatic carbocycles. The first kappa shape index (κ1) is 18.0. The maximum Gasteiger partial charge on any atom is 0.239 e. The first-order valence-electron chi connectivity index (χ1n) is 9.56. The summed E-state index contributed by atoms with van der Waals surface area (Å²) in [4.78, 5) is 17.0. The maximum atomic E-state index is 12.3. The van der Waals surface area contributed by atoms with E-state index in [1.54, 1.807) is 4.68 Å². The number of carbonyl (C=O) groups excluding carboxylic acids is 1. The summed E-state index contributed by atoms with van der Waals surface area (Å²) in [5.41, 5.74) is 3.57. The highest BCUT2D eigenvalue weighted by atomic mass is 16.5. The number of nitrogens with zero attached hydrogens (tertiary/aromatic N) is 4. The van der Waals surface area contributed by atoms with Crippen molar-refractivity contribution in [3.63, 3.8) is 0 Å². The van der Waals surface area contributed by atoms with Crippen molar-refractivity contribution in [2.45, 2.75) is 19.9 Å². The summed E-state index contributed by atoms with van der Waals surface area (Å²) in [5.74, 6) is 1.81. The molecule has 0 unspecified atom stereocenters. The second kappa shape index (κ2) is 7.70. The number of rotatable bonds is 5. The molecule has 4 rings (SSSR count). The average molecular weight is 369 g/mol. The van der Waals surface area contributed by atoms with Crippen LogP contribution in [-0.4, -0.2) is 64.8 Å². The molecule has 1 aromatic carbocycles. The predicted octanol–water partition coefficient (Wildman–Crippen LogP) is 1.42. The van der Waals surface area contributed by atoms with Crippen molar-refractivity contribution in [1.82, 2.24) is 19.6 Å². The minimum absolute atomic E-state index is 0.0186. The Bertz CT molecular complexity index is 824. The van der Waals surface area contributed by atoms with Gasteiger partial charge in [0.05, 0.1) is 18.8 Å². The molecule has 2 aliphatic rings. The van der Waals surface area contributed by atoms with Crippen LogP contribution >= 0.6 is 0 Å². The van der Waals surface area contributed by atoms with Crippen LogP contribution in [0.25, 0.3) is 0 Å². The van der Waals surface area contributed by atoms with Crippen molar-refractivity contribution < 1.29 is 9.53 Å². The molecule has 1 N–H and O–H groups in total. The zero-order valence-corrected chi connectivity index (χ0v) is 16.1. The number of aryl methyl sites for hydroxylation is 2. The molecule has 144 valence electrons. The van der Waals surface area contributed by atoms with Gasteiger partial charge in [-0.3, -0.25) is 19.3 Å². The lowest BCUT2D eigenvalue weighted by Crippen LogP contribution is -2.48. The van der Waals surface area contributed by atoms with Gasteiger partial charge in [0.15, 0.2) is 0 Å². The Kier molecular flexibility index (Phi) is 5.13. The van der Waals surface area contributed by atoms with Gasteiger partial charge in [0, 0.05) is 52.3 Å². The van der Waals surface area contributed by atoms with Gasteiger partial charge in [-0.2, -0.15) is 5.10 Å². The maximum absolute atomic E-state index is 12.3. The zero-order valence-electron chi connectivity index (χ0n) is 16.1. The van der Waals surface area contributed by atoms with Crippen LogP contribution in [0.4, 0.5) is 5.82 Å². The Morgan fingerprint density at radius 3 is 2.70 bits per heavy atom. The third kappa shape index (κ3) is 4.31. The summed E-state index contributed by atoms with van der Waals surface area (Å²) in [6, 6.07) is 8.42. The van der Waals surface area contributed by atoms with E-state index in [4.69, 9.17) is 4.74 Å². The monoisotopic (exact) mass is 369 g/mol. The van der Waals surface area contributed by atoms with Gasteiger partial charge in [0.2, 0.25) is 5.91 Å². The van der Waals surface area contributed by atoms with E-state index in [2.05, 4.69) is 38.4 Å². The van der Waals surface area contributed by atoms with Crippen LogP contribution in [0, 0.1) is 6.92 Å². The fourth-order valence-corrected chi connectivity index (χ4v) is 3.82. The molecule has 2 aromatic rings. The Labute approximate surface area is 159 Å². The van der Waals surface area contributed by atoms with Gasteiger partial charge in [0.25, 0.3) is 0 Å². The summed E-state index contributed by atoms with van der Waals surface area (Å²) < 4.78 is 7.28. The first-order valence-corrected chi connectivity index (χ1v) is 9.56. The van der Waals surface area contributed by atoms with E-state index in [0.29, 0.717) is 6.54 Å². The summed E-state index contributed by atoms with van der Waals surface area (Å²) in [5, 5.41) is 7.20. The van der Waals surface area contributed by atoms with Crippen LogP contribution in [0.15, 0.2) is 24.3 Å². The van der Waals surface area contributed by atoms with Crippen molar-refractivity contribution in [3.05, 3.63) is 41.1 Å². The number of aromatic nitrogens is 2. The molecule has 7 nitrogen and oxygen atoms in total. The van der Waals surface area contributed by atoms with E-state index < -0.39 is 0 Å². The number of nitrogens with one attached hydrogen (secondary N) is 1. The number of piperazine rings is 1. The fraction of sp³-hybridized carbons (Fsp3) is 0.500. The van der Waals surface area contributed by atoms with E-state index in [9.17, 15) is 4.79 Å². The molecule has 1 amide bonds. The number of fused-ring (bicyclic) bond motifs is 1. The molecule has 0 saturated carbocycles. The molecular weight excluding hydrogens is 342 g/mol. The number of benzene rings is 1. The quantitative estimate of drug-likeness (QED) is 0.864. The number of carbonyl (C=O) groups is 1. The molecule has 0 spiro atoms. The second-order valence-electron chi connectivity index (χ2n) is 7.44. The first-order chi connectivity index (χ1) is 13.1. The van der Waals surface area contributed by atoms with Crippen LogP contribution < -0.4 is 10.1 Å². The van der Waals surface area contributed by atoms with Crippen LogP contribution in [0.1, 0.15) is 16.8 Å². The second-order valence-corrected chi connectivity index (χ2v) is 7.44. The highest BCUT2D eigenvalue weighted by molar-refractivity contribution is 5.91. The largest absolute Gasteiger partial charge is 0.493 e. The van der Waals surface area contributed by atoms with Crippen molar-refractivity contribution in [3.8, 4) is 5.75 Å². The molecule has 27 heavy (non-hydrogen) atoms. The van der Waals surface area contributed by atoms with Gasteiger partial charge < -0.3 is 10.1 Å². The zero-order chi connectivity index (χ0) is 18.8. The van der Waals surface area contributed by atoms with Gasteiger partial charge in [0.1, 0.15) is 11.6 Å². The number of amides is 1. The summed E-state index contributed by atoms with van der Waals surface area (Å²) in [7, 11) is 1.84. The molecule has 0 atom stereocenters. The minimum atomic E-state index is 0.0186. The van der Waals surface area contributed by atoms with Gasteiger partial charge >= 0.3 is 0 Å². The van der Waals surface area contributed by atoms with E-state index in [1.165, 1.54) is 11.1 Å². The lowest BCUT2D eigenvalue weighted by molar-refractivity contribution is -0.117. The van der Waals surface area contributed by atoms with Gasteiger partial charge in [-0.15, -0.1) is 0 Å². The van der Waals surface area contributed by atoms with Crippen molar-refractivity contribution in [2.24, 2.45) is 7.05 Å². The fourth-order valence-electron chi connectivity index (χ4n) is 3.82. The Morgan fingerprint density at radius 2 is 1.96 bits per heavy atom. The molecule has 7 heteroatoms. The summed E-state index contributed by atoms with van der Waals surface area (Å²) >= 11 is 0. The molecular formula is C20H27N5O2. The normalized spacial score (nSPS) is 17.6. The SMILES string of the molecule is Cc1cc(NC(=O)CN2CCN(Cc3ccc4c(c3)CCO4)CC2)n(C)n1. The highest BCUT2D eigenvalue weighted by Crippen LogP contribution is 2.26. The number of hydrogen-bond donors (Lipinski definition) is 1. The number of hydrogen-bond acceptors (Lipinski definition) is 5. The Morgan fingerprint density at radius 1 is 1.19 bits per heavy atom.